The number of guanidine groups is 1. The average molecular weight is 470 g/mol. The molecule has 1 aromatic heterocycles. The van der Waals surface area contributed by atoms with Crippen LogP contribution in [0.3, 0.4) is 0 Å². The molecule has 6 heteroatoms. The van der Waals surface area contributed by atoms with Crippen molar-refractivity contribution in [2.24, 2.45) is 4.99 Å². The van der Waals surface area contributed by atoms with Crippen molar-refractivity contribution < 1.29 is 0 Å². The zero-order chi connectivity index (χ0) is 16.8. The Morgan fingerprint density at radius 1 is 1.16 bits per heavy atom. The second-order valence-corrected chi connectivity index (χ2v) is 7.06. The predicted molar refractivity (Wildman–Crippen MR) is 120 cm³/mol. The van der Waals surface area contributed by atoms with Gasteiger partial charge in [0.05, 0.1) is 5.00 Å². The molecule has 0 unspecified atom stereocenters. The molecule has 1 aromatic carbocycles. The first-order chi connectivity index (χ1) is 11.8. The van der Waals surface area contributed by atoms with Crippen LogP contribution < -0.4 is 10.2 Å². The van der Waals surface area contributed by atoms with Crippen LogP contribution in [0.15, 0.2) is 46.8 Å². The fourth-order valence-corrected chi connectivity index (χ4v) is 3.89. The fourth-order valence-electron chi connectivity index (χ4n) is 3.11. The molecule has 0 amide bonds. The van der Waals surface area contributed by atoms with Gasteiger partial charge in [-0.25, -0.2) is 0 Å². The van der Waals surface area contributed by atoms with Crippen molar-refractivity contribution in [1.29, 1.82) is 0 Å². The molecule has 1 aliphatic rings. The summed E-state index contributed by atoms with van der Waals surface area (Å²) < 4.78 is 0. The second-order valence-electron chi connectivity index (χ2n) is 6.14. The van der Waals surface area contributed by atoms with Gasteiger partial charge in [-0.15, -0.1) is 35.3 Å². The highest BCUT2D eigenvalue weighted by atomic mass is 127. The van der Waals surface area contributed by atoms with E-state index in [1.165, 1.54) is 16.1 Å². The molecule has 1 aliphatic heterocycles. The van der Waals surface area contributed by atoms with Gasteiger partial charge in [0.1, 0.15) is 0 Å². The van der Waals surface area contributed by atoms with Gasteiger partial charge in [0.15, 0.2) is 5.96 Å². The SMILES string of the molecule is CN=C(NCCc1cccc(C)c1)N1CCN(c2cccs2)CC1.I. The van der Waals surface area contributed by atoms with Crippen molar-refractivity contribution in [3.63, 3.8) is 0 Å². The number of halogens is 1. The minimum atomic E-state index is 0. The van der Waals surface area contributed by atoms with Gasteiger partial charge in [0, 0.05) is 39.8 Å². The Kier molecular flexibility index (Phi) is 8.02. The number of rotatable bonds is 4. The molecule has 0 radical (unpaired) electrons. The summed E-state index contributed by atoms with van der Waals surface area (Å²) >= 11 is 1.82. The molecule has 0 saturated carbocycles. The Morgan fingerprint density at radius 3 is 2.60 bits per heavy atom. The number of hydrogen-bond donors (Lipinski definition) is 1. The zero-order valence-electron chi connectivity index (χ0n) is 14.9. The van der Waals surface area contributed by atoms with E-state index in [0.717, 1.165) is 45.1 Å². The molecular weight excluding hydrogens is 443 g/mol. The molecule has 1 fully saturated rings. The summed E-state index contributed by atoms with van der Waals surface area (Å²) in [7, 11) is 1.88. The van der Waals surface area contributed by atoms with Gasteiger partial charge >= 0.3 is 0 Å². The van der Waals surface area contributed by atoms with Gasteiger partial charge in [-0.3, -0.25) is 4.99 Å². The Labute approximate surface area is 172 Å². The van der Waals surface area contributed by atoms with Gasteiger partial charge in [-0.05, 0) is 36.4 Å². The van der Waals surface area contributed by atoms with E-state index in [2.05, 4.69) is 68.8 Å². The number of nitrogens with one attached hydrogen (secondary N) is 1. The topological polar surface area (TPSA) is 30.9 Å². The van der Waals surface area contributed by atoms with Crippen molar-refractivity contribution in [1.82, 2.24) is 10.2 Å². The smallest absolute Gasteiger partial charge is 0.193 e. The monoisotopic (exact) mass is 470 g/mol. The average Bonchev–Trinajstić information content (AvgIpc) is 3.14. The third-order valence-corrected chi connectivity index (χ3v) is 5.32. The van der Waals surface area contributed by atoms with Crippen LogP contribution in [-0.4, -0.2) is 50.6 Å². The maximum absolute atomic E-state index is 4.46. The van der Waals surface area contributed by atoms with Gasteiger partial charge < -0.3 is 15.1 Å². The summed E-state index contributed by atoms with van der Waals surface area (Å²) in [5.74, 6) is 1.02. The van der Waals surface area contributed by atoms with Crippen LogP contribution in [0.1, 0.15) is 11.1 Å². The highest BCUT2D eigenvalue weighted by Crippen LogP contribution is 2.22. The maximum atomic E-state index is 4.46. The predicted octanol–water partition coefficient (Wildman–Crippen LogP) is 3.61. The molecular formula is C19H27IN4S. The van der Waals surface area contributed by atoms with Gasteiger partial charge in [-0.1, -0.05) is 29.8 Å². The lowest BCUT2D eigenvalue weighted by Gasteiger charge is -2.37. The van der Waals surface area contributed by atoms with Crippen LogP contribution in [0.2, 0.25) is 0 Å². The molecule has 0 bridgehead atoms. The summed E-state index contributed by atoms with van der Waals surface area (Å²) in [6, 6.07) is 13.0. The van der Waals surface area contributed by atoms with E-state index >= 15 is 0 Å². The van der Waals surface area contributed by atoms with Crippen molar-refractivity contribution >= 4 is 46.3 Å². The number of anilines is 1. The molecule has 0 aliphatic carbocycles. The Morgan fingerprint density at radius 2 is 1.96 bits per heavy atom. The van der Waals surface area contributed by atoms with Crippen LogP contribution in [0.4, 0.5) is 5.00 Å². The zero-order valence-corrected chi connectivity index (χ0v) is 18.1. The highest BCUT2D eigenvalue weighted by Gasteiger charge is 2.19. The van der Waals surface area contributed by atoms with Crippen LogP contribution in [0.25, 0.3) is 0 Å². The molecule has 1 saturated heterocycles. The molecule has 4 nitrogen and oxygen atoms in total. The summed E-state index contributed by atoms with van der Waals surface area (Å²) in [5, 5.41) is 7.04. The maximum Gasteiger partial charge on any atom is 0.193 e. The van der Waals surface area contributed by atoms with Gasteiger partial charge in [-0.2, -0.15) is 0 Å². The van der Waals surface area contributed by atoms with Crippen molar-refractivity contribution in [2.75, 3.05) is 44.7 Å². The lowest BCUT2D eigenvalue weighted by molar-refractivity contribution is 0.374. The summed E-state index contributed by atoms with van der Waals surface area (Å²) in [5.41, 5.74) is 2.70. The summed E-state index contributed by atoms with van der Waals surface area (Å²) in [6.45, 7) is 7.20. The number of aliphatic imine (C=N–C) groups is 1. The Hall–Kier alpha value is -1.28. The summed E-state index contributed by atoms with van der Waals surface area (Å²) in [4.78, 5) is 9.28. The Balaban J connectivity index is 0.00000225. The van der Waals surface area contributed by atoms with E-state index in [0.29, 0.717) is 0 Å². The molecule has 1 N–H and O–H groups in total. The molecule has 0 spiro atoms. The Bertz CT molecular complexity index is 664. The first kappa shape index (κ1) is 20.0. The van der Waals surface area contributed by atoms with Crippen molar-refractivity contribution in [2.45, 2.75) is 13.3 Å². The lowest BCUT2D eigenvalue weighted by atomic mass is 10.1. The largest absolute Gasteiger partial charge is 0.360 e. The highest BCUT2D eigenvalue weighted by molar-refractivity contribution is 14.0. The number of hydrogen-bond acceptors (Lipinski definition) is 3. The number of thiophene rings is 1. The second kappa shape index (κ2) is 10.0. The first-order valence-electron chi connectivity index (χ1n) is 8.56. The van der Waals surface area contributed by atoms with Crippen molar-refractivity contribution in [3.05, 3.63) is 52.9 Å². The molecule has 2 heterocycles. The van der Waals surface area contributed by atoms with Crippen LogP contribution in [0, 0.1) is 6.92 Å². The van der Waals surface area contributed by atoms with E-state index in [9.17, 15) is 0 Å². The summed E-state index contributed by atoms with van der Waals surface area (Å²) in [6.07, 6.45) is 1.02. The molecule has 136 valence electrons. The van der Waals surface area contributed by atoms with Crippen LogP contribution >= 0.6 is 35.3 Å². The van der Waals surface area contributed by atoms with E-state index in [4.69, 9.17) is 0 Å². The van der Waals surface area contributed by atoms with Gasteiger partial charge in [0.2, 0.25) is 0 Å². The quantitative estimate of drug-likeness (QED) is 0.421. The number of nitrogens with zero attached hydrogens (tertiary/aromatic N) is 3. The minimum Gasteiger partial charge on any atom is -0.360 e. The first-order valence-corrected chi connectivity index (χ1v) is 9.44. The van der Waals surface area contributed by atoms with Gasteiger partial charge in [0.25, 0.3) is 0 Å². The molecule has 3 rings (SSSR count). The molecule has 25 heavy (non-hydrogen) atoms. The van der Waals surface area contributed by atoms with Crippen molar-refractivity contribution in [3.8, 4) is 0 Å². The minimum absolute atomic E-state index is 0. The third-order valence-electron chi connectivity index (χ3n) is 4.39. The van der Waals surface area contributed by atoms with Crippen LogP contribution in [-0.2, 0) is 6.42 Å². The number of benzene rings is 1. The molecule has 2 aromatic rings. The van der Waals surface area contributed by atoms with E-state index < -0.39 is 0 Å². The lowest BCUT2D eigenvalue weighted by Crippen LogP contribution is -2.52. The van der Waals surface area contributed by atoms with E-state index in [1.807, 2.05) is 18.4 Å². The third kappa shape index (κ3) is 5.60. The van der Waals surface area contributed by atoms with E-state index in [-0.39, 0.29) is 24.0 Å². The normalized spacial score (nSPS) is 15.0. The molecule has 0 atom stereocenters. The fraction of sp³-hybridized carbons (Fsp3) is 0.421. The van der Waals surface area contributed by atoms with Crippen LogP contribution in [0.5, 0.6) is 0 Å². The van der Waals surface area contributed by atoms with E-state index in [1.54, 1.807) is 0 Å². The number of aryl methyl sites for hydroxylation is 1. The standard InChI is InChI=1S/C19H26N4S.HI/c1-16-5-3-6-17(15-16)8-9-21-19(20-2)23-12-10-22(11-13-23)18-7-4-14-24-18;/h3-7,14-15H,8-13H2,1-2H3,(H,20,21);1H. The number of piperazine rings is 1.